The summed E-state index contributed by atoms with van der Waals surface area (Å²) >= 11 is 0. The molecular formula is C25H24N2O. The lowest BCUT2D eigenvalue weighted by Gasteiger charge is -2.18. The molecule has 0 aliphatic carbocycles. The van der Waals surface area contributed by atoms with Gasteiger partial charge in [-0.25, -0.2) is 0 Å². The van der Waals surface area contributed by atoms with Gasteiger partial charge in [-0.2, -0.15) is 0 Å². The van der Waals surface area contributed by atoms with Crippen LogP contribution in [-0.2, 0) is 5.41 Å². The molecule has 4 aromatic rings. The van der Waals surface area contributed by atoms with Gasteiger partial charge in [0, 0.05) is 11.1 Å². The minimum Gasteiger partial charge on any atom is -0.416 e. The summed E-state index contributed by atoms with van der Waals surface area (Å²) in [6.07, 6.45) is 0. The molecule has 0 spiro atoms. The van der Waals surface area contributed by atoms with Gasteiger partial charge in [-0.05, 0) is 53.3 Å². The predicted molar refractivity (Wildman–Crippen MR) is 114 cm³/mol. The third-order valence-electron chi connectivity index (χ3n) is 4.94. The van der Waals surface area contributed by atoms with E-state index in [9.17, 15) is 0 Å². The summed E-state index contributed by atoms with van der Waals surface area (Å²) in [4.78, 5) is 0. The number of hydrogen-bond donors (Lipinski definition) is 0. The smallest absolute Gasteiger partial charge is 0.248 e. The quantitative estimate of drug-likeness (QED) is 0.405. The molecule has 0 saturated heterocycles. The summed E-state index contributed by atoms with van der Waals surface area (Å²) in [5.74, 6) is 1.07. The van der Waals surface area contributed by atoms with Crippen LogP contribution in [0.15, 0.2) is 77.2 Å². The minimum absolute atomic E-state index is 0.123. The molecule has 0 atom stereocenters. The molecule has 0 radical (unpaired) electrons. The Balaban J connectivity index is 1.56. The molecule has 0 N–H and O–H groups in total. The second-order valence-corrected chi connectivity index (χ2v) is 8.18. The van der Waals surface area contributed by atoms with Gasteiger partial charge in [-0.3, -0.25) is 0 Å². The van der Waals surface area contributed by atoms with Crippen molar-refractivity contribution in [1.82, 2.24) is 10.2 Å². The van der Waals surface area contributed by atoms with E-state index in [-0.39, 0.29) is 5.41 Å². The van der Waals surface area contributed by atoms with Crippen molar-refractivity contribution in [3.63, 3.8) is 0 Å². The first kappa shape index (κ1) is 18.2. The molecule has 3 nitrogen and oxygen atoms in total. The number of nitrogens with zero attached hydrogens (tertiary/aromatic N) is 2. The van der Waals surface area contributed by atoms with Crippen LogP contribution in [0.5, 0.6) is 0 Å². The van der Waals surface area contributed by atoms with Crippen LogP contribution in [-0.4, -0.2) is 10.2 Å². The van der Waals surface area contributed by atoms with Crippen LogP contribution >= 0.6 is 0 Å². The van der Waals surface area contributed by atoms with Gasteiger partial charge in [-0.1, -0.05) is 74.9 Å². The first-order valence-corrected chi connectivity index (χ1v) is 9.52. The third kappa shape index (κ3) is 3.74. The highest BCUT2D eigenvalue weighted by atomic mass is 16.4. The van der Waals surface area contributed by atoms with Crippen LogP contribution in [0.25, 0.3) is 34.0 Å². The molecule has 1 aromatic heterocycles. The Labute approximate surface area is 166 Å². The van der Waals surface area contributed by atoms with Crippen LogP contribution in [0.2, 0.25) is 0 Å². The number of aromatic nitrogens is 2. The molecule has 0 aliphatic heterocycles. The van der Waals surface area contributed by atoms with Crippen LogP contribution in [0.4, 0.5) is 0 Å². The summed E-state index contributed by atoms with van der Waals surface area (Å²) in [5.41, 5.74) is 6.88. The highest BCUT2D eigenvalue weighted by Gasteiger charge is 2.15. The Hall–Kier alpha value is -3.20. The zero-order chi connectivity index (χ0) is 19.7. The van der Waals surface area contributed by atoms with E-state index in [1.807, 2.05) is 24.3 Å². The monoisotopic (exact) mass is 368 g/mol. The fourth-order valence-corrected chi connectivity index (χ4v) is 3.12. The molecular weight excluding hydrogens is 344 g/mol. The molecule has 4 rings (SSSR count). The highest BCUT2D eigenvalue weighted by molar-refractivity contribution is 5.68. The Kier molecular flexibility index (Phi) is 4.60. The van der Waals surface area contributed by atoms with Gasteiger partial charge in [0.1, 0.15) is 0 Å². The molecule has 0 fully saturated rings. The topological polar surface area (TPSA) is 38.9 Å². The zero-order valence-corrected chi connectivity index (χ0v) is 16.7. The van der Waals surface area contributed by atoms with Crippen LogP contribution in [0.1, 0.15) is 31.9 Å². The third-order valence-corrected chi connectivity index (χ3v) is 4.94. The normalized spacial score (nSPS) is 11.6. The molecule has 1 heterocycles. The Morgan fingerprint density at radius 3 is 1.43 bits per heavy atom. The van der Waals surface area contributed by atoms with Crippen molar-refractivity contribution < 1.29 is 4.42 Å². The van der Waals surface area contributed by atoms with Crippen molar-refractivity contribution in [1.29, 1.82) is 0 Å². The Morgan fingerprint density at radius 2 is 0.964 bits per heavy atom. The van der Waals surface area contributed by atoms with E-state index in [4.69, 9.17) is 4.42 Å². The van der Waals surface area contributed by atoms with Crippen LogP contribution in [0.3, 0.4) is 0 Å². The Bertz CT molecular complexity index is 1070. The van der Waals surface area contributed by atoms with Crippen molar-refractivity contribution in [2.75, 3.05) is 0 Å². The highest BCUT2D eigenvalue weighted by Crippen LogP contribution is 2.29. The molecule has 28 heavy (non-hydrogen) atoms. The fourth-order valence-electron chi connectivity index (χ4n) is 3.12. The summed E-state index contributed by atoms with van der Waals surface area (Å²) < 4.78 is 5.92. The molecule has 3 heteroatoms. The fraction of sp³-hybridized carbons (Fsp3) is 0.200. The number of rotatable bonds is 3. The summed E-state index contributed by atoms with van der Waals surface area (Å²) in [7, 11) is 0. The lowest BCUT2D eigenvalue weighted by molar-refractivity contribution is 0.582. The molecule has 0 saturated carbocycles. The van der Waals surface area contributed by atoms with E-state index >= 15 is 0 Å². The molecule has 0 unspecified atom stereocenters. The van der Waals surface area contributed by atoms with E-state index < -0.39 is 0 Å². The van der Waals surface area contributed by atoms with E-state index in [0.717, 1.165) is 11.1 Å². The van der Waals surface area contributed by atoms with Crippen molar-refractivity contribution >= 4 is 0 Å². The van der Waals surface area contributed by atoms with E-state index in [1.165, 1.54) is 22.3 Å². The van der Waals surface area contributed by atoms with Crippen molar-refractivity contribution in [3.05, 3.63) is 83.9 Å². The molecule has 0 amide bonds. The van der Waals surface area contributed by atoms with E-state index in [1.54, 1.807) is 0 Å². The average molecular weight is 368 g/mol. The van der Waals surface area contributed by atoms with Gasteiger partial charge < -0.3 is 4.42 Å². The van der Waals surface area contributed by atoms with Gasteiger partial charge in [0.05, 0.1) is 0 Å². The first-order valence-electron chi connectivity index (χ1n) is 9.52. The number of benzene rings is 3. The first-order chi connectivity index (χ1) is 13.4. The van der Waals surface area contributed by atoms with Gasteiger partial charge in [-0.15, -0.1) is 10.2 Å². The SMILES string of the molecule is Cc1ccc(-c2ccc(-c3nnc(-c4ccc(C(C)(C)C)cc4)o3)cc2)cc1. The lowest BCUT2D eigenvalue weighted by atomic mass is 9.87. The second kappa shape index (κ2) is 7.08. The summed E-state index contributed by atoms with van der Waals surface area (Å²) in [5, 5.41) is 8.46. The van der Waals surface area contributed by atoms with Gasteiger partial charge >= 0.3 is 0 Å². The molecule has 0 bridgehead atoms. The van der Waals surface area contributed by atoms with Crippen molar-refractivity contribution in [3.8, 4) is 34.0 Å². The average Bonchev–Trinajstić information content (AvgIpc) is 3.18. The van der Waals surface area contributed by atoms with E-state index in [0.29, 0.717) is 11.8 Å². The standard InChI is InChI=1S/C25H24N2O/c1-17-5-7-18(8-6-17)19-9-11-20(12-10-19)23-26-27-24(28-23)21-13-15-22(16-14-21)25(2,3)4/h5-16H,1-4H3. The largest absolute Gasteiger partial charge is 0.416 e. The summed E-state index contributed by atoms with van der Waals surface area (Å²) in [6, 6.07) is 25.1. The van der Waals surface area contributed by atoms with Gasteiger partial charge in [0.25, 0.3) is 0 Å². The van der Waals surface area contributed by atoms with Gasteiger partial charge in [0.15, 0.2) is 0 Å². The minimum atomic E-state index is 0.123. The van der Waals surface area contributed by atoms with Crippen LogP contribution < -0.4 is 0 Å². The van der Waals surface area contributed by atoms with E-state index in [2.05, 4.69) is 86.4 Å². The number of hydrogen-bond acceptors (Lipinski definition) is 3. The van der Waals surface area contributed by atoms with Crippen molar-refractivity contribution in [2.45, 2.75) is 33.1 Å². The van der Waals surface area contributed by atoms with Gasteiger partial charge in [0.2, 0.25) is 11.8 Å². The molecule has 140 valence electrons. The predicted octanol–water partition coefficient (Wildman–Crippen LogP) is 6.68. The van der Waals surface area contributed by atoms with Crippen LogP contribution in [0, 0.1) is 6.92 Å². The maximum Gasteiger partial charge on any atom is 0.248 e. The number of aryl methyl sites for hydroxylation is 1. The maximum atomic E-state index is 5.92. The van der Waals surface area contributed by atoms with Crippen molar-refractivity contribution in [2.24, 2.45) is 0 Å². The second-order valence-electron chi connectivity index (χ2n) is 8.18. The molecule has 0 aliphatic rings. The molecule has 3 aromatic carbocycles. The lowest BCUT2D eigenvalue weighted by Crippen LogP contribution is -2.10. The zero-order valence-electron chi connectivity index (χ0n) is 16.7. The Morgan fingerprint density at radius 1 is 0.571 bits per heavy atom. The summed E-state index contributed by atoms with van der Waals surface area (Å²) in [6.45, 7) is 8.70. The maximum absolute atomic E-state index is 5.92.